The van der Waals surface area contributed by atoms with Crippen molar-refractivity contribution in [3.63, 3.8) is 0 Å². The van der Waals surface area contributed by atoms with Gasteiger partial charge in [-0.15, -0.1) is 0 Å². The van der Waals surface area contributed by atoms with Gasteiger partial charge in [-0.3, -0.25) is 4.90 Å². The van der Waals surface area contributed by atoms with Crippen molar-refractivity contribution < 1.29 is 23.8 Å². The van der Waals surface area contributed by atoms with Gasteiger partial charge in [-0.05, 0) is 45.6 Å². The molecule has 0 aliphatic rings. The zero-order chi connectivity index (χ0) is 17.5. The molecule has 0 saturated heterocycles. The number of hydrogen-bond donors (Lipinski definition) is 0. The zero-order valence-electron chi connectivity index (χ0n) is 14.4. The van der Waals surface area contributed by atoms with Crippen molar-refractivity contribution in [2.45, 2.75) is 25.8 Å². The molecule has 1 aromatic rings. The standard InChI is InChI=1S/C17H25NO5/c1-6-22-15(19)17(18(3)4,16(20)23-7-2)12-13-9-8-10-14(11-13)21-5/h8-11H,6-7,12H2,1-5H3. The van der Waals surface area contributed by atoms with E-state index in [9.17, 15) is 9.59 Å². The van der Waals surface area contributed by atoms with Crippen LogP contribution in [0.2, 0.25) is 0 Å². The van der Waals surface area contributed by atoms with Crippen molar-refractivity contribution in [1.29, 1.82) is 0 Å². The van der Waals surface area contributed by atoms with Crippen LogP contribution in [-0.2, 0) is 25.5 Å². The Morgan fingerprint density at radius 3 is 2.09 bits per heavy atom. The van der Waals surface area contributed by atoms with Crippen molar-refractivity contribution in [3.8, 4) is 5.75 Å². The van der Waals surface area contributed by atoms with Crippen molar-refractivity contribution in [3.05, 3.63) is 29.8 Å². The lowest BCUT2D eigenvalue weighted by Gasteiger charge is -2.35. The van der Waals surface area contributed by atoms with E-state index in [0.29, 0.717) is 5.75 Å². The molecule has 1 rings (SSSR count). The smallest absolute Gasteiger partial charge is 0.338 e. The minimum absolute atomic E-state index is 0.134. The van der Waals surface area contributed by atoms with Gasteiger partial charge in [-0.25, -0.2) is 9.59 Å². The predicted molar refractivity (Wildman–Crippen MR) is 86.4 cm³/mol. The van der Waals surface area contributed by atoms with E-state index in [-0.39, 0.29) is 19.6 Å². The maximum atomic E-state index is 12.6. The molecular weight excluding hydrogens is 298 g/mol. The molecule has 0 N–H and O–H groups in total. The molecule has 0 heterocycles. The predicted octanol–water partition coefficient (Wildman–Crippen LogP) is 1.66. The zero-order valence-corrected chi connectivity index (χ0v) is 14.4. The number of carbonyl (C=O) groups excluding carboxylic acids is 2. The van der Waals surface area contributed by atoms with Gasteiger partial charge in [0.25, 0.3) is 0 Å². The van der Waals surface area contributed by atoms with Crippen LogP contribution >= 0.6 is 0 Å². The number of methoxy groups -OCH3 is 1. The van der Waals surface area contributed by atoms with Gasteiger partial charge in [0, 0.05) is 6.42 Å². The number of nitrogens with zero attached hydrogens (tertiary/aromatic N) is 1. The van der Waals surface area contributed by atoms with Crippen LogP contribution in [0.1, 0.15) is 19.4 Å². The SMILES string of the molecule is CCOC(=O)C(Cc1cccc(OC)c1)(C(=O)OCC)N(C)C. The van der Waals surface area contributed by atoms with E-state index in [1.165, 1.54) is 0 Å². The largest absolute Gasteiger partial charge is 0.497 e. The molecule has 128 valence electrons. The second-order valence-corrected chi connectivity index (χ2v) is 5.22. The van der Waals surface area contributed by atoms with E-state index in [2.05, 4.69) is 0 Å². The van der Waals surface area contributed by atoms with Gasteiger partial charge in [0.05, 0.1) is 20.3 Å². The van der Waals surface area contributed by atoms with Crippen LogP contribution in [0.5, 0.6) is 5.75 Å². The number of benzene rings is 1. The number of esters is 2. The highest BCUT2D eigenvalue weighted by atomic mass is 16.6. The van der Waals surface area contributed by atoms with Gasteiger partial charge in [0.15, 0.2) is 0 Å². The summed E-state index contributed by atoms with van der Waals surface area (Å²) in [4.78, 5) is 26.7. The molecule has 6 heteroatoms. The number of carbonyl (C=O) groups is 2. The Morgan fingerprint density at radius 1 is 1.09 bits per heavy atom. The van der Waals surface area contributed by atoms with Crippen LogP contribution in [0.4, 0.5) is 0 Å². The van der Waals surface area contributed by atoms with Gasteiger partial charge in [-0.1, -0.05) is 12.1 Å². The lowest BCUT2D eigenvalue weighted by Crippen LogP contribution is -2.60. The Hall–Kier alpha value is -2.08. The minimum atomic E-state index is -1.53. The Bertz CT molecular complexity index is 524. The minimum Gasteiger partial charge on any atom is -0.497 e. The molecule has 23 heavy (non-hydrogen) atoms. The first-order chi connectivity index (χ1) is 10.9. The summed E-state index contributed by atoms with van der Waals surface area (Å²) in [5.41, 5.74) is -0.752. The van der Waals surface area contributed by atoms with Gasteiger partial charge < -0.3 is 14.2 Å². The number of hydrogen-bond acceptors (Lipinski definition) is 6. The Morgan fingerprint density at radius 2 is 1.65 bits per heavy atom. The van der Waals surface area contributed by atoms with Crippen LogP contribution in [0.15, 0.2) is 24.3 Å². The highest BCUT2D eigenvalue weighted by molar-refractivity contribution is 6.05. The van der Waals surface area contributed by atoms with Crippen LogP contribution in [0.25, 0.3) is 0 Å². The summed E-state index contributed by atoms with van der Waals surface area (Å²) in [5, 5.41) is 0. The Labute approximate surface area is 137 Å². The fourth-order valence-electron chi connectivity index (χ4n) is 2.33. The summed E-state index contributed by atoms with van der Waals surface area (Å²) < 4.78 is 15.5. The van der Waals surface area contributed by atoms with Crippen LogP contribution < -0.4 is 4.74 Å². The molecule has 0 aliphatic carbocycles. The summed E-state index contributed by atoms with van der Waals surface area (Å²) in [6, 6.07) is 7.23. The van der Waals surface area contributed by atoms with Crippen LogP contribution in [0.3, 0.4) is 0 Å². The monoisotopic (exact) mass is 323 g/mol. The summed E-state index contributed by atoms with van der Waals surface area (Å²) in [6.07, 6.45) is 0.134. The highest BCUT2D eigenvalue weighted by Gasteiger charge is 2.51. The third kappa shape index (κ3) is 4.22. The fourth-order valence-corrected chi connectivity index (χ4v) is 2.33. The van der Waals surface area contributed by atoms with Gasteiger partial charge in [0.2, 0.25) is 5.54 Å². The van der Waals surface area contributed by atoms with E-state index in [4.69, 9.17) is 14.2 Å². The molecular formula is C17H25NO5. The van der Waals surface area contributed by atoms with Crippen molar-refractivity contribution in [1.82, 2.24) is 4.90 Å². The van der Waals surface area contributed by atoms with E-state index in [1.54, 1.807) is 52.1 Å². The second kappa shape index (κ2) is 8.53. The molecule has 1 aromatic carbocycles. The molecule has 0 spiro atoms. The normalized spacial score (nSPS) is 11.2. The first-order valence-corrected chi connectivity index (χ1v) is 7.57. The van der Waals surface area contributed by atoms with E-state index < -0.39 is 17.5 Å². The van der Waals surface area contributed by atoms with Gasteiger partial charge >= 0.3 is 11.9 Å². The Kier molecular flexibility index (Phi) is 7.03. The molecule has 0 fully saturated rings. The molecule has 0 radical (unpaired) electrons. The quantitative estimate of drug-likeness (QED) is 0.535. The molecule has 0 atom stereocenters. The van der Waals surface area contributed by atoms with E-state index in [0.717, 1.165) is 5.56 Å². The topological polar surface area (TPSA) is 65.1 Å². The molecule has 0 bridgehead atoms. The summed E-state index contributed by atoms with van der Waals surface area (Å²) >= 11 is 0. The molecule has 0 amide bonds. The van der Waals surface area contributed by atoms with E-state index in [1.807, 2.05) is 12.1 Å². The lowest BCUT2D eigenvalue weighted by atomic mass is 9.89. The van der Waals surface area contributed by atoms with Crippen molar-refractivity contribution in [2.24, 2.45) is 0 Å². The average molecular weight is 323 g/mol. The molecule has 0 aromatic heterocycles. The average Bonchev–Trinajstić information content (AvgIpc) is 2.52. The third-order valence-corrected chi connectivity index (χ3v) is 3.58. The van der Waals surface area contributed by atoms with Crippen LogP contribution in [-0.4, -0.2) is 56.8 Å². The summed E-state index contributed by atoms with van der Waals surface area (Å²) in [7, 11) is 4.89. The maximum absolute atomic E-state index is 12.6. The second-order valence-electron chi connectivity index (χ2n) is 5.22. The summed E-state index contributed by atoms with van der Waals surface area (Å²) in [6.45, 7) is 3.78. The lowest BCUT2D eigenvalue weighted by molar-refractivity contribution is -0.173. The van der Waals surface area contributed by atoms with Crippen molar-refractivity contribution in [2.75, 3.05) is 34.4 Å². The number of likely N-dealkylation sites (N-methyl/N-ethyl adjacent to an activating group) is 1. The number of rotatable bonds is 8. The summed E-state index contributed by atoms with van der Waals surface area (Å²) in [5.74, 6) is -0.583. The molecule has 6 nitrogen and oxygen atoms in total. The van der Waals surface area contributed by atoms with Gasteiger partial charge in [0.1, 0.15) is 5.75 Å². The molecule has 0 saturated carbocycles. The molecule has 0 unspecified atom stereocenters. The van der Waals surface area contributed by atoms with Crippen molar-refractivity contribution >= 4 is 11.9 Å². The third-order valence-electron chi connectivity index (χ3n) is 3.58. The Balaban J connectivity index is 3.29. The maximum Gasteiger partial charge on any atom is 0.338 e. The molecule has 0 aliphatic heterocycles. The first-order valence-electron chi connectivity index (χ1n) is 7.57. The highest BCUT2D eigenvalue weighted by Crippen LogP contribution is 2.25. The first kappa shape index (κ1) is 19.0. The van der Waals surface area contributed by atoms with Crippen LogP contribution in [0, 0.1) is 0 Å². The van der Waals surface area contributed by atoms with Gasteiger partial charge in [-0.2, -0.15) is 0 Å². The fraction of sp³-hybridized carbons (Fsp3) is 0.529. The number of ether oxygens (including phenoxy) is 3. The van der Waals surface area contributed by atoms with E-state index >= 15 is 0 Å².